The molecule has 1 N–H and O–H groups in total. The number of hydrogen-bond acceptors (Lipinski definition) is 4. The Morgan fingerprint density at radius 2 is 1.79 bits per heavy atom. The fourth-order valence-corrected chi connectivity index (χ4v) is 4.30. The highest BCUT2D eigenvalue weighted by Crippen LogP contribution is 2.24. The Kier molecular flexibility index (Phi) is 5.87. The smallest absolute Gasteiger partial charge is 0.259 e. The van der Waals surface area contributed by atoms with Gasteiger partial charge in [-0.2, -0.15) is 0 Å². The predicted octanol–water partition coefficient (Wildman–Crippen LogP) is 4.72. The van der Waals surface area contributed by atoms with Crippen LogP contribution in [0, 0.1) is 6.92 Å². The summed E-state index contributed by atoms with van der Waals surface area (Å²) in [4.78, 5) is 20.5. The standard InChI is InChI=1S/C18H17ClN2OS2/c1-12-6-8-14(9-7-12)23-10-13(19)11-24-18-20-16-5-3-2-4-15(16)17(22)21-18/h2-9,13H,10-11H2,1H3,(H,20,21,22)/t13-/m0/s1. The van der Waals surface area contributed by atoms with Crippen LogP contribution in [0.5, 0.6) is 0 Å². The van der Waals surface area contributed by atoms with Crippen LogP contribution in [0.4, 0.5) is 0 Å². The normalized spacial score (nSPS) is 12.4. The van der Waals surface area contributed by atoms with E-state index in [4.69, 9.17) is 11.6 Å². The number of nitrogens with one attached hydrogen (secondary N) is 1. The minimum atomic E-state index is -0.108. The number of rotatable bonds is 6. The van der Waals surface area contributed by atoms with E-state index in [1.54, 1.807) is 17.8 Å². The third-order valence-electron chi connectivity index (χ3n) is 3.44. The van der Waals surface area contributed by atoms with Crippen molar-refractivity contribution in [2.45, 2.75) is 22.4 Å². The highest BCUT2D eigenvalue weighted by molar-refractivity contribution is 8.00. The van der Waals surface area contributed by atoms with Crippen LogP contribution in [0.2, 0.25) is 0 Å². The predicted molar refractivity (Wildman–Crippen MR) is 105 cm³/mol. The van der Waals surface area contributed by atoms with E-state index < -0.39 is 0 Å². The van der Waals surface area contributed by atoms with Crippen molar-refractivity contribution >= 4 is 46.0 Å². The lowest BCUT2D eigenvalue weighted by molar-refractivity contribution is 0.969. The van der Waals surface area contributed by atoms with Gasteiger partial charge in [0.2, 0.25) is 0 Å². The molecule has 3 nitrogen and oxygen atoms in total. The summed E-state index contributed by atoms with van der Waals surface area (Å²) >= 11 is 9.63. The number of halogens is 1. The summed E-state index contributed by atoms with van der Waals surface area (Å²) in [6.45, 7) is 2.08. The van der Waals surface area contributed by atoms with E-state index in [9.17, 15) is 4.79 Å². The summed E-state index contributed by atoms with van der Waals surface area (Å²) in [6, 6.07) is 15.8. The Hall–Kier alpha value is -1.43. The van der Waals surface area contributed by atoms with E-state index in [-0.39, 0.29) is 10.9 Å². The summed E-state index contributed by atoms with van der Waals surface area (Å²) in [5, 5.41) is 1.22. The van der Waals surface area contributed by atoms with Crippen LogP contribution in [0.3, 0.4) is 0 Å². The summed E-state index contributed by atoms with van der Waals surface area (Å²) < 4.78 is 0. The van der Waals surface area contributed by atoms with Crippen LogP contribution < -0.4 is 5.56 Å². The quantitative estimate of drug-likeness (QED) is 0.384. The third-order valence-corrected chi connectivity index (χ3v) is 6.33. The van der Waals surface area contributed by atoms with Crippen LogP contribution in [-0.2, 0) is 0 Å². The molecule has 0 fully saturated rings. The van der Waals surface area contributed by atoms with Gasteiger partial charge < -0.3 is 4.98 Å². The number of aromatic nitrogens is 2. The molecule has 2 aromatic carbocycles. The maximum Gasteiger partial charge on any atom is 0.259 e. The Bertz CT molecular complexity index is 880. The maximum atomic E-state index is 12.0. The number of hydrogen-bond donors (Lipinski definition) is 1. The minimum Gasteiger partial charge on any atom is -0.301 e. The van der Waals surface area contributed by atoms with E-state index >= 15 is 0 Å². The van der Waals surface area contributed by atoms with Gasteiger partial charge in [-0.1, -0.05) is 41.6 Å². The first kappa shape index (κ1) is 17.4. The zero-order chi connectivity index (χ0) is 16.9. The molecule has 124 valence electrons. The van der Waals surface area contributed by atoms with Crippen molar-refractivity contribution in [1.29, 1.82) is 0 Å². The highest BCUT2D eigenvalue weighted by Gasteiger charge is 2.09. The van der Waals surface area contributed by atoms with Crippen LogP contribution in [0.1, 0.15) is 5.56 Å². The molecule has 24 heavy (non-hydrogen) atoms. The van der Waals surface area contributed by atoms with Gasteiger partial charge in [0.05, 0.1) is 16.3 Å². The summed E-state index contributed by atoms with van der Waals surface area (Å²) in [7, 11) is 0. The van der Waals surface area contributed by atoms with Gasteiger partial charge in [-0.15, -0.1) is 23.4 Å². The first-order valence-corrected chi connectivity index (χ1v) is 9.98. The van der Waals surface area contributed by atoms with Crippen molar-refractivity contribution in [2.75, 3.05) is 11.5 Å². The molecule has 3 aromatic rings. The van der Waals surface area contributed by atoms with Gasteiger partial charge in [0.1, 0.15) is 0 Å². The third kappa shape index (κ3) is 4.56. The molecule has 0 saturated carbocycles. The Morgan fingerprint density at radius 3 is 2.58 bits per heavy atom. The van der Waals surface area contributed by atoms with Gasteiger partial charge in [-0.05, 0) is 31.2 Å². The lowest BCUT2D eigenvalue weighted by atomic mass is 10.2. The molecule has 0 saturated heterocycles. The zero-order valence-electron chi connectivity index (χ0n) is 13.2. The Morgan fingerprint density at radius 1 is 1.08 bits per heavy atom. The molecule has 1 aromatic heterocycles. The van der Waals surface area contributed by atoms with E-state index in [0.29, 0.717) is 21.8 Å². The first-order valence-electron chi connectivity index (χ1n) is 7.57. The molecule has 0 radical (unpaired) electrons. The SMILES string of the molecule is Cc1ccc(SC[C@H](Cl)CSc2nc3ccccc3c(=O)[nH]2)cc1. The molecule has 0 amide bonds. The lowest BCUT2D eigenvalue weighted by Crippen LogP contribution is -2.11. The van der Waals surface area contributed by atoms with Gasteiger partial charge in [0, 0.05) is 16.4 Å². The average molecular weight is 377 g/mol. The first-order chi connectivity index (χ1) is 11.6. The van der Waals surface area contributed by atoms with Crippen molar-refractivity contribution in [1.82, 2.24) is 9.97 Å². The minimum absolute atomic E-state index is 0.00178. The van der Waals surface area contributed by atoms with Crippen molar-refractivity contribution in [3.8, 4) is 0 Å². The number of H-pyrrole nitrogens is 1. The molecule has 6 heteroatoms. The van der Waals surface area contributed by atoms with Crippen molar-refractivity contribution in [3.63, 3.8) is 0 Å². The van der Waals surface area contributed by atoms with Gasteiger partial charge in [0.15, 0.2) is 5.16 Å². The van der Waals surface area contributed by atoms with Crippen LogP contribution >= 0.6 is 35.1 Å². The summed E-state index contributed by atoms with van der Waals surface area (Å²) in [6.07, 6.45) is 0. The number of nitrogens with zero attached hydrogens (tertiary/aromatic N) is 1. The molecule has 3 rings (SSSR count). The monoisotopic (exact) mass is 376 g/mol. The largest absolute Gasteiger partial charge is 0.301 e. The average Bonchev–Trinajstić information content (AvgIpc) is 2.59. The van der Waals surface area contributed by atoms with E-state index in [0.717, 1.165) is 5.75 Å². The molecule has 0 spiro atoms. The molecular formula is C18H17ClN2OS2. The molecule has 0 unspecified atom stereocenters. The van der Waals surface area contributed by atoms with Crippen molar-refractivity contribution < 1.29 is 0 Å². The second-order valence-electron chi connectivity index (χ2n) is 5.42. The second-order valence-corrected chi connectivity index (χ2v) is 8.14. The van der Waals surface area contributed by atoms with Crippen LogP contribution in [0.25, 0.3) is 10.9 Å². The molecule has 1 atom stereocenters. The highest BCUT2D eigenvalue weighted by atomic mass is 35.5. The van der Waals surface area contributed by atoms with Crippen molar-refractivity contribution in [2.24, 2.45) is 0 Å². The molecule has 0 aliphatic heterocycles. The van der Waals surface area contributed by atoms with Gasteiger partial charge in [-0.25, -0.2) is 4.98 Å². The van der Waals surface area contributed by atoms with Gasteiger partial charge in [0.25, 0.3) is 5.56 Å². The number of para-hydroxylation sites is 1. The number of aryl methyl sites for hydroxylation is 1. The molecule has 0 bridgehead atoms. The topological polar surface area (TPSA) is 45.8 Å². The van der Waals surface area contributed by atoms with Gasteiger partial charge >= 0.3 is 0 Å². The molecule has 0 aliphatic rings. The summed E-state index contributed by atoms with van der Waals surface area (Å²) in [5.41, 5.74) is 1.86. The maximum absolute atomic E-state index is 12.0. The van der Waals surface area contributed by atoms with Crippen LogP contribution in [0.15, 0.2) is 63.4 Å². The van der Waals surface area contributed by atoms with E-state index in [1.807, 2.05) is 18.2 Å². The lowest BCUT2D eigenvalue weighted by Gasteiger charge is -2.09. The molecule has 1 heterocycles. The zero-order valence-corrected chi connectivity index (χ0v) is 15.5. The fraction of sp³-hybridized carbons (Fsp3) is 0.222. The number of fused-ring (bicyclic) bond motifs is 1. The summed E-state index contributed by atoms with van der Waals surface area (Å²) in [5.74, 6) is 1.51. The van der Waals surface area contributed by atoms with Gasteiger partial charge in [-0.3, -0.25) is 4.79 Å². The Labute approximate surface area is 154 Å². The van der Waals surface area contributed by atoms with E-state index in [1.165, 1.54) is 22.2 Å². The van der Waals surface area contributed by atoms with Crippen molar-refractivity contribution in [3.05, 3.63) is 64.4 Å². The fourth-order valence-electron chi connectivity index (χ4n) is 2.17. The molecular weight excluding hydrogens is 360 g/mol. The number of benzene rings is 2. The number of aromatic amines is 1. The number of alkyl halides is 1. The Balaban J connectivity index is 1.57. The van der Waals surface area contributed by atoms with E-state index in [2.05, 4.69) is 41.2 Å². The molecule has 0 aliphatic carbocycles. The second kappa shape index (κ2) is 8.10. The van der Waals surface area contributed by atoms with Crippen LogP contribution in [-0.4, -0.2) is 26.9 Å². The number of thioether (sulfide) groups is 2.